The van der Waals surface area contributed by atoms with Crippen molar-refractivity contribution in [3.05, 3.63) is 34.5 Å². The Morgan fingerprint density at radius 3 is 3.07 bits per heavy atom. The molecule has 2 N–H and O–H groups in total. The summed E-state index contributed by atoms with van der Waals surface area (Å²) in [5, 5.41) is 8.90. The molecule has 0 aliphatic rings. The van der Waals surface area contributed by atoms with Gasteiger partial charge in [-0.1, -0.05) is 0 Å². The maximum atomic E-state index is 11.5. The van der Waals surface area contributed by atoms with Crippen LogP contribution in [-0.2, 0) is 11.2 Å². The molecular weight excluding hydrogens is 198 g/mol. The smallest absolute Gasteiger partial charge is 0.311 e. The monoisotopic (exact) mass is 205 g/mol. The first-order valence-electron chi connectivity index (χ1n) is 4.22. The molecule has 0 radical (unpaired) electrons. The number of H-pyrrole nitrogens is 1. The molecule has 0 fully saturated rings. The largest absolute Gasteiger partial charge is 0.481 e. The number of carbonyl (C=O) groups is 1. The van der Waals surface area contributed by atoms with E-state index in [1.807, 2.05) is 0 Å². The van der Waals surface area contributed by atoms with E-state index in [0.29, 0.717) is 5.39 Å². The number of aromatic amines is 1. The number of nitrogens with zero attached hydrogens (tertiary/aromatic N) is 2. The highest BCUT2D eigenvalue weighted by Crippen LogP contribution is 2.02. The molecule has 0 aliphatic carbocycles. The van der Waals surface area contributed by atoms with Crippen molar-refractivity contribution in [2.45, 2.75) is 6.42 Å². The number of aromatic nitrogens is 3. The highest BCUT2D eigenvalue weighted by atomic mass is 16.4. The molecular formula is C9H7N3O3. The summed E-state index contributed by atoms with van der Waals surface area (Å²) in [6.45, 7) is 0. The van der Waals surface area contributed by atoms with Gasteiger partial charge < -0.3 is 10.1 Å². The summed E-state index contributed by atoms with van der Waals surface area (Å²) in [6.07, 6.45) is 1.18. The van der Waals surface area contributed by atoms with Gasteiger partial charge in [0.15, 0.2) is 5.65 Å². The van der Waals surface area contributed by atoms with Crippen molar-refractivity contribution < 1.29 is 9.90 Å². The lowest BCUT2D eigenvalue weighted by Gasteiger charge is -1.98. The average Bonchev–Trinajstić information content (AvgIpc) is 2.16. The normalized spacial score (nSPS) is 10.4. The van der Waals surface area contributed by atoms with Gasteiger partial charge in [0.1, 0.15) is 12.2 Å². The second kappa shape index (κ2) is 3.49. The van der Waals surface area contributed by atoms with E-state index in [-0.39, 0.29) is 23.5 Å². The molecule has 0 bridgehead atoms. The number of hydrogen-bond acceptors (Lipinski definition) is 4. The summed E-state index contributed by atoms with van der Waals surface area (Å²) >= 11 is 0. The lowest BCUT2D eigenvalue weighted by atomic mass is 10.3. The third-order valence-corrected chi connectivity index (χ3v) is 1.85. The molecule has 0 aliphatic heterocycles. The fourth-order valence-electron chi connectivity index (χ4n) is 1.24. The molecule has 0 saturated heterocycles. The SMILES string of the molecule is O=C(O)Cc1nc2ncccc2c(=O)[nH]1. The number of nitrogens with one attached hydrogen (secondary N) is 1. The zero-order chi connectivity index (χ0) is 10.8. The van der Waals surface area contributed by atoms with Crippen molar-refractivity contribution in [2.75, 3.05) is 0 Å². The van der Waals surface area contributed by atoms with Crippen LogP contribution in [0.5, 0.6) is 0 Å². The first-order valence-corrected chi connectivity index (χ1v) is 4.22. The molecule has 0 spiro atoms. The van der Waals surface area contributed by atoms with E-state index in [1.165, 1.54) is 6.20 Å². The van der Waals surface area contributed by atoms with Crippen LogP contribution in [-0.4, -0.2) is 26.0 Å². The highest BCUT2D eigenvalue weighted by molar-refractivity contribution is 5.74. The Kier molecular flexibility index (Phi) is 2.17. The molecule has 15 heavy (non-hydrogen) atoms. The molecule has 0 amide bonds. The molecule has 2 aromatic rings. The van der Waals surface area contributed by atoms with Gasteiger partial charge in [0.25, 0.3) is 5.56 Å². The van der Waals surface area contributed by atoms with Crippen molar-refractivity contribution >= 4 is 17.0 Å². The predicted octanol–water partition coefficient (Wildman–Crippen LogP) is -0.0548. The Morgan fingerprint density at radius 2 is 2.33 bits per heavy atom. The Hall–Kier alpha value is -2.24. The zero-order valence-electron chi connectivity index (χ0n) is 7.60. The fourth-order valence-corrected chi connectivity index (χ4v) is 1.24. The van der Waals surface area contributed by atoms with Gasteiger partial charge >= 0.3 is 5.97 Å². The summed E-state index contributed by atoms with van der Waals surface area (Å²) in [6, 6.07) is 3.20. The van der Waals surface area contributed by atoms with E-state index >= 15 is 0 Å². The number of fused-ring (bicyclic) bond motifs is 1. The highest BCUT2D eigenvalue weighted by Gasteiger charge is 2.06. The van der Waals surface area contributed by atoms with Crippen LogP contribution < -0.4 is 5.56 Å². The predicted molar refractivity (Wildman–Crippen MR) is 51.5 cm³/mol. The maximum Gasteiger partial charge on any atom is 0.311 e. The molecule has 0 saturated carbocycles. The molecule has 0 atom stereocenters. The minimum atomic E-state index is -1.05. The van der Waals surface area contributed by atoms with Crippen molar-refractivity contribution in [3.8, 4) is 0 Å². The summed E-state index contributed by atoms with van der Waals surface area (Å²) in [5.41, 5.74) is -0.109. The van der Waals surface area contributed by atoms with Crippen LogP contribution in [0.3, 0.4) is 0 Å². The number of aliphatic carboxylic acids is 1. The van der Waals surface area contributed by atoms with E-state index in [2.05, 4.69) is 15.0 Å². The fraction of sp³-hybridized carbons (Fsp3) is 0.111. The number of carboxylic acid groups (broad SMARTS) is 1. The maximum absolute atomic E-state index is 11.5. The van der Waals surface area contributed by atoms with Crippen LogP contribution in [0, 0.1) is 0 Å². The van der Waals surface area contributed by atoms with Gasteiger partial charge in [0.05, 0.1) is 5.39 Å². The van der Waals surface area contributed by atoms with Gasteiger partial charge in [-0.2, -0.15) is 0 Å². The minimum Gasteiger partial charge on any atom is -0.481 e. The Morgan fingerprint density at radius 1 is 1.53 bits per heavy atom. The van der Waals surface area contributed by atoms with Gasteiger partial charge in [-0.25, -0.2) is 9.97 Å². The first-order chi connectivity index (χ1) is 7.16. The first kappa shape index (κ1) is 9.32. The molecule has 2 heterocycles. The van der Waals surface area contributed by atoms with E-state index in [4.69, 9.17) is 5.11 Å². The van der Waals surface area contributed by atoms with Gasteiger partial charge in [0, 0.05) is 6.20 Å². The standard InChI is InChI=1S/C9H7N3O3/c13-7(14)4-6-11-8-5(9(15)12-6)2-1-3-10-8/h1-3H,4H2,(H,13,14)(H,10,11,12,15). The summed E-state index contributed by atoms with van der Waals surface area (Å²) in [7, 11) is 0. The third kappa shape index (κ3) is 1.83. The number of rotatable bonds is 2. The molecule has 76 valence electrons. The van der Waals surface area contributed by atoms with Gasteiger partial charge in [-0.05, 0) is 12.1 Å². The minimum absolute atomic E-state index is 0.110. The van der Waals surface area contributed by atoms with Crippen LogP contribution in [0.4, 0.5) is 0 Å². The number of hydrogen-bond donors (Lipinski definition) is 2. The van der Waals surface area contributed by atoms with Gasteiger partial charge in [-0.15, -0.1) is 0 Å². The van der Waals surface area contributed by atoms with Crippen LogP contribution in [0.25, 0.3) is 11.0 Å². The lowest BCUT2D eigenvalue weighted by molar-refractivity contribution is -0.136. The van der Waals surface area contributed by atoms with Crippen molar-refractivity contribution in [3.63, 3.8) is 0 Å². The molecule has 0 unspecified atom stereocenters. The van der Waals surface area contributed by atoms with E-state index in [0.717, 1.165) is 0 Å². The number of pyridine rings is 1. The van der Waals surface area contributed by atoms with Crippen molar-refractivity contribution in [2.24, 2.45) is 0 Å². The summed E-state index contributed by atoms with van der Waals surface area (Å²) < 4.78 is 0. The van der Waals surface area contributed by atoms with E-state index in [9.17, 15) is 9.59 Å². The number of carboxylic acids is 1. The third-order valence-electron chi connectivity index (χ3n) is 1.85. The quantitative estimate of drug-likeness (QED) is 0.716. The van der Waals surface area contributed by atoms with Crippen LogP contribution in [0.1, 0.15) is 5.82 Å². The Bertz CT molecular complexity index is 576. The Balaban J connectivity index is 2.62. The second-order valence-electron chi connectivity index (χ2n) is 2.96. The molecule has 2 aromatic heterocycles. The lowest BCUT2D eigenvalue weighted by Crippen LogP contribution is -2.15. The van der Waals surface area contributed by atoms with Crippen molar-refractivity contribution in [1.82, 2.24) is 15.0 Å². The molecule has 0 aromatic carbocycles. The summed E-state index contributed by atoms with van der Waals surface area (Å²) in [4.78, 5) is 32.1. The summed E-state index contributed by atoms with van der Waals surface area (Å²) in [5.74, 6) is -0.938. The molecule has 6 nitrogen and oxygen atoms in total. The second-order valence-corrected chi connectivity index (χ2v) is 2.96. The van der Waals surface area contributed by atoms with Crippen LogP contribution in [0.15, 0.2) is 23.1 Å². The topological polar surface area (TPSA) is 95.9 Å². The molecule has 2 rings (SSSR count). The van der Waals surface area contributed by atoms with Crippen LogP contribution in [0.2, 0.25) is 0 Å². The zero-order valence-corrected chi connectivity index (χ0v) is 7.60. The average molecular weight is 205 g/mol. The van der Waals surface area contributed by atoms with E-state index < -0.39 is 5.97 Å². The van der Waals surface area contributed by atoms with Gasteiger partial charge in [0.2, 0.25) is 0 Å². The van der Waals surface area contributed by atoms with Crippen LogP contribution >= 0.6 is 0 Å². The van der Waals surface area contributed by atoms with Crippen molar-refractivity contribution in [1.29, 1.82) is 0 Å². The molecule has 6 heteroatoms. The van der Waals surface area contributed by atoms with Gasteiger partial charge in [-0.3, -0.25) is 9.59 Å². The van der Waals surface area contributed by atoms with E-state index in [1.54, 1.807) is 12.1 Å². The Labute approximate surface area is 83.6 Å².